The van der Waals surface area contributed by atoms with E-state index in [4.69, 9.17) is 5.73 Å². The van der Waals surface area contributed by atoms with Crippen LogP contribution in [0.3, 0.4) is 0 Å². The molecule has 0 aromatic carbocycles. The highest BCUT2D eigenvalue weighted by atomic mass is 15.1. The predicted octanol–water partition coefficient (Wildman–Crippen LogP) is 2.73. The standard InChI is InChI=1S/C13H25N3/c1-10(2)6-13(5,8-14)16-9-15-7-12(16)11(3)4/h7,9-11H,6,8,14H2,1-5H3. The van der Waals surface area contributed by atoms with Crippen molar-refractivity contribution in [2.75, 3.05) is 6.54 Å². The van der Waals surface area contributed by atoms with E-state index in [1.807, 2.05) is 12.5 Å². The molecule has 1 unspecified atom stereocenters. The number of imidazole rings is 1. The molecule has 16 heavy (non-hydrogen) atoms. The summed E-state index contributed by atoms with van der Waals surface area (Å²) in [6.45, 7) is 11.7. The van der Waals surface area contributed by atoms with Crippen molar-refractivity contribution < 1.29 is 0 Å². The van der Waals surface area contributed by atoms with E-state index in [9.17, 15) is 0 Å². The monoisotopic (exact) mass is 223 g/mol. The van der Waals surface area contributed by atoms with Crippen LogP contribution in [0.25, 0.3) is 0 Å². The van der Waals surface area contributed by atoms with Crippen LogP contribution in [0.5, 0.6) is 0 Å². The summed E-state index contributed by atoms with van der Waals surface area (Å²) >= 11 is 0. The fraction of sp³-hybridized carbons (Fsp3) is 0.769. The SMILES string of the molecule is CC(C)CC(C)(CN)n1cncc1C(C)C. The van der Waals surface area contributed by atoms with Gasteiger partial charge in [0.2, 0.25) is 0 Å². The maximum atomic E-state index is 5.97. The Morgan fingerprint density at radius 2 is 2.00 bits per heavy atom. The number of rotatable bonds is 5. The van der Waals surface area contributed by atoms with Crippen LogP contribution in [-0.2, 0) is 5.54 Å². The lowest BCUT2D eigenvalue weighted by Crippen LogP contribution is -2.40. The molecule has 1 aromatic heterocycles. The van der Waals surface area contributed by atoms with Gasteiger partial charge in [0, 0.05) is 18.4 Å². The Kier molecular flexibility index (Phi) is 4.14. The van der Waals surface area contributed by atoms with Crippen molar-refractivity contribution in [3.05, 3.63) is 18.2 Å². The van der Waals surface area contributed by atoms with Crippen molar-refractivity contribution in [2.24, 2.45) is 11.7 Å². The molecule has 0 amide bonds. The fourth-order valence-corrected chi connectivity index (χ4v) is 2.34. The Labute approximate surface area is 99.1 Å². The van der Waals surface area contributed by atoms with E-state index in [1.54, 1.807) is 0 Å². The molecule has 0 aliphatic rings. The molecule has 3 heteroatoms. The summed E-state index contributed by atoms with van der Waals surface area (Å²) in [6.07, 6.45) is 4.96. The first-order valence-corrected chi connectivity index (χ1v) is 6.13. The summed E-state index contributed by atoms with van der Waals surface area (Å²) < 4.78 is 2.26. The summed E-state index contributed by atoms with van der Waals surface area (Å²) in [6, 6.07) is 0. The Morgan fingerprint density at radius 1 is 1.38 bits per heavy atom. The van der Waals surface area contributed by atoms with Crippen molar-refractivity contribution in [3.63, 3.8) is 0 Å². The normalized spacial score (nSPS) is 15.8. The minimum Gasteiger partial charge on any atom is -0.328 e. The van der Waals surface area contributed by atoms with Crippen LogP contribution in [0.1, 0.15) is 52.7 Å². The minimum absolute atomic E-state index is 0.00965. The van der Waals surface area contributed by atoms with Crippen molar-refractivity contribution >= 4 is 0 Å². The Balaban J connectivity index is 3.07. The van der Waals surface area contributed by atoms with Crippen LogP contribution in [-0.4, -0.2) is 16.1 Å². The van der Waals surface area contributed by atoms with E-state index in [0.717, 1.165) is 6.42 Å². The van der Waals surface area contributed by atoms with E-state index in [-0.39, 0.29) is 5.54 Å². The zero-order valence-corrected chi connectivity index (χ0v) is 11.2. The lowest BCUT2D eigenvalue weighted by molar-refractivity contribution is 0.256. The van der Waals surface area contributed by atoms with Gasteiger partial charge in [-0.05, 0) is 25.2 Å². The number of hydrogen-bond acceptors (Lipinski definition) is 2. The van der Waals surface area contributed by atoms with Gasteiger partial charge in [-0.15, -0.1) is 0 Å². The quantitative estimate of drug-likeness (QED) is 0.834. The van der Waals surface area contributed by atoms with Gasteiger partial charge in [0.25, 0.3) is 0 Å². The second kappa shape index (κ2) is 5.00. The maximum Gasteiger partial charge on any atom is 0.0953 e. The molecule has 92 valence electrons. The Hall–Kier alpha value is -0.830. The summed E-state index contributed by atoms with van der Waals surface area (Å²) in [5, 5.41) is 0. The highest BCUT2D eigenvalue weighted by Gasteiger charge is 2.28. The molecule has 0 aliphatic heterocycles. The van der Waals surface area contributed by atoms with Crippen LogP contribution < -0.4 is 5.73 Å². The molecule has 1 atom stereocenters. The van der Waals surface area contributed by atoms with Crippen LogP contribution in [0.4, 0.5) is 0 Å². The Morgan fingerprint density at radius 3 is 2.44 bits per heavy atom. The first-order valence-electron chi connectivity index (χ1n) is 6.13. The molecule has 1 rings (SSSR count). The second-order valence-electron chi connectivity index (χ2n) is 5.64. The third kappa shape index (κ3) is 2.64. The van der Waals surface area contributed by atoms with Crippen LogP contribution >= 0.6 is 0 Å². The van der Waals surface area contributed by atoms with Crippen LogP contribution in [0.2, 0.25) is 0 Å². The number of nitrogens with two attached hydrogens (primary N) is 1. The van der Waals surface area contributed by atoms with Crippen molar-refractivity contribution in [1.29, 1.82) is 0 Å². The molecular formula is C13H25N3. The van der Waals surface area contributed by atoms with Gasteiger partial charge in [-0.1, -0.05) is 27.7 Å². The molecular weight excluding hydrogens is 198 g/mol. The van der Waals surface area contributed by atoms with Gasteiger partial charge >= 0.3 is 0 Å². The summed E-state index contributed by atoms with van der Waals surface area (Å²) in [7, 11) is 0. The van der Waals surface area contributed by atoms with Crippen LogP contribution in [0.15, 0.2) is 12.5 Å². The first kappa shape index (κ1) is 13.2. The average Bonchev–Trinajstić information content (AvgIpc) is 2.65. The highest BCUT2D eigenvalue weighted by molar-refractivity contribution is 5.08. The van der Waals surface area contributed by atoms with Gasteiger partial charge in [-0.3, -0.25) is 0 Å². The van der Waals surface area contributed by atoms with E-state index in [0.29, 0.717) is 18.4 Å². The zero-order chi connectivity index (χ0) is 12.3. The molecule has 0 radical (unpaired) electrons. The van der Waals surface area contributed by atoms with Gasteiger partial charge in [-0.2, -0.15) is 0 Å². The summed E-state index contributed by atoms with van der Waals surface area (Å²) in [5.74, 6) is 1.12. The summed E-state index contributed by atoms with van der Waals surface area (Å²) in [5.41, 5.74) is 7.23. The molecule has 0 spiro atoms. The van der Waals surface area contributed by atoms with E-state index < -0.39 is 0 Å². The highest BCUT2D eigenvalue weighted by Crippen LogP contribution is 2.28. The third-order valence-electron chi connectivity index (χ3n) is 3.13. The average molecular weight is 223 g/mol. The van der Waals surface area contributed by atoms with E-state index in [1.165, 1.54) is 5.69 Å². The van der Waals surface area contributed by atoms with Gasteiger partial charge in [0.05, 0.1) is 11.9 Å². The summed E-state index contributed by atoms with van der Waals surface area (Å²) in [4.78, 5) is 4.27. The van der Waals surface area contributed by atoms with Crippen molar-refractivity contribution in [1.82, 2.24) is 9.55 Å². The maximum absolute atomic E-state index is 5.97. The molecule has 0 bridgehead atoms. The number of nitrogens with zero attached hydrogens (tertiary/aromatic N) is 2. The Bertz CT molecular complexity index is 328. The second-order valence-corrected chi connectivity index (χ2v) is 5.64. The van der Waals surface area contributed by atoms with Crippen molar-refractivity contribution in [2.45, 2.75) is 52.5 Å². The van der Waals surface area contributed by atoms with Gasteiger partial charge in [-0.25, -0.2) is 4.98 Å². The lowest BCUT2D eigenvalue weighted by atomic mass is 9.89. The van der Waals surface area contributed by atoms with Crippen LogP contribution in [0, 0.1) is 5.92 Å². The number of aromatic nitrogens is 2. The molecule has 0 saturated carbocycles. The third-order valence-corrected chi connectivity index (χ3v) is 3.13. The van der Waals surface area contributed by atoms with Gasteiger partial charge in [0.15, 0.2) is 0 Å². The predicted molar refractivity (Wildman–Crippen MR) is 68.5 cm³/mol. The molecule has 0 fully saturated rings. The molecule has 2 N–H and O–H groups in total. The molecule has 3 nitrogen and oxygen atoms in total. The minimum atomic E-state index is -0.00965. The van der Waals surface area contributed by atoms with Gasteiger partial charge < -0.3 is 10.3 Å². The fourth-order valence-electron chi connectivity index (χ4n) is 2.34. The first-order chi connectivity index (χ1) is 7.40. The van der Waals surface area contributed by atoms with E-state index >= 15 is 0 Å². The topological polar surface area (TPSA) is 43.8 Å². The smallest absolute Gasteiger partial charge is 0.0953 e. The largest absolute Gasteiger partial charge is 0.328 e. The molecule has 1 aromatic rings. The van der Waals surface area contributed by atoms with Gasteiger partial charge in [0.1, 0.15) is 0 Å². The van der Waals surface area contributed by atoms with Crippen molar-refractivity contribution in [3.8, 4) is 0 Å². The number of hydrogen-bond donors (Lipinski definition) is 1. The molecule has 0 saturated heterocycles. The molecule has 0 aliphatic carbocycles. The molecule has 1 heterocycles. The zero-order valence-electron chi connectivity index (χ0n) is 11.2. The van der Waals surface area contributed by atoms with E-state index in [2.05, 4.69) is 44.2 Å². The lowest BCUT2D eigenvalue weighted by Gasteiger charge is -2.34.